The number of hydrogen-bond acceptors (Lipinski definition) is 2. The average molecular weight is 293 g/mol. The van der Waals surface area contributed by atoms with Crippen molar-refractivity contribution < 1.29 is 4.39 Å². The second-order valence-corrected chi connectivity index (χ2v) is 4.89. The molecule has 20 heavy (non-hydrogen) atoms. The van der Waals surface area contributed by atoms with Crippen LogP contribution in [-0.2, 0) is 19.3 Å². The lowest BCUT2D eigenvalue weighted by molar-refractivity contribution is 0.629. The van der Waals surface area contributed by atoms with E-state index in [2.05, 4.69) is 10.1 Å². The van der Waals surface area contributed by atoms with Crippen LogP contribution in [0.5, 0.6) is 0 Å². The smallest absolute Gasteiger partial charge is 0.129 e. The number of benzene rings is 1. The Morgan fingerprint density at radius 2 is 2.15 bits per heavy atom. The van der Waals surface area contributed by atoms with Gasteiger partial charge in [0.1, 0.15) is 11.6 Å². The third kappa shape index (κ3) is 1.98. The fourth-order valence-electron chi connectivity index (χ4n) is 2.42. The molecule has 0 saturated carbocycles. The molecule has 1 aromatic carbocycles. The highest BCUT2D eigenvalue weighted by Gasteiger charge is 2.16. The number of aromatic nitrogens is 4. The third-order valence-corrected chi connectivity index (χ3v) is 3.50. The van der Waals surface area contributed by atoms with Crippen molar-refractivity contribution in [3.63, 3.8) is 0 Å². The lowest BCUT2D eigenvalue weighted by Crippen LogP contribution is -2.01. The van der Waals surface area contributed by atoms with E-state index in [0.717, 1.165) is 23.3 Å². The summed E-state index contributed by atoms with van der Waals surface area (Å²) in [6.45, 7) is 2.03. The van der Waals surface area contributed by atoms with Crippen LogP contribution in [0.25, 0.3) is 16.7 Å². The van der Waals surface area contributed by atoms with E-state index in [-0.39, 0.29) is 11.7 Å². The van der Waals surface area contributed by atoms with Gasteiger partial charge in [0.15, 0.2) is 0 Å². The van der Waals surface area contributed by atoms with Gasteiger partial charge in [-0.3, -0.25) is 9.25 Å². The molecule has 0 spiro atoms. The zero-order chi connectivity index (χ0) is 14.3. The topological polar surface area (TPSA) is 35.6 Å². The summed E-state index contributed by atoms with van der Waals surface area (Å²) in [6.07, 6.45) is 2.69. The summed E-state index contributed by atoms with van der Waals surface area (Å²) in [6, 6.07) is 4.55. The molecule has 0 fully saturated rings. The Morgan fingerprint density at radius 1 is 1.35 bits per heavy atom. The monoisotopic (exact) mass is 292 g/mol. The van der Waals surface area contributed by atoms with Gasteiger partial charge in [-0.1, -0.05) is 6.92 Å². The van der Waals surface area contributed by atoms with Crippen LogP contribution in [0.1, 0.15) is 18.4 Å². The Hall–Kier alpha value is -1.88. The molecule has 0 saturated heterocycles. The summed E-state index contributed by atoms with van der Waals surface area (Å²) in [5.74, 6) is 0.658. The first-order valence-corrected chi connectivity index (χ1v) is 6.93. The van der Waals surface area contributed by atoms with Crippen LogP contribution in [0, 0.1) is 5.82 Å². The zero-order valence-electron chi connectivity index (χ0n) is 11.3. The van der Waals surface area contributed by atoms with Gasteiger partial charge < -0.3 is 0 Å². The molecule has 2 aromatic heterocycles. The molecule has 4 nitrogen and oxygen atoms in total. The van der Waals surface area contributed by atoms with Gasteiger partial charge >= 0.3 is 0 Å². The molecular formula is C14H14ClFN4. The minimum Gasteiger partial charge on any atom is -0.292 e. The molecule has 0 unspecified atom stereocenters. The highest BCUT2D eigenvalue weighted by Crippen LogP contribution is 2.25. The van der Waals surface area contributed by atoms with Gasteiger partial charge in [-0.05, 0) is 18.6 Å². The Labute approximate surface area is 120 Å². The van der Waals surface area contributed by atoms with Crippen molar-refractivity contribution in [3.05, 3.63) is 41.7 Å². The van der Waals surface area contributed by atoms with Crippen molar-refractivity contribution in [1.29, 1.82) is 0 Å². The average Bonchev–Trinajstić information content (AvgIpc) is 2.97. The molecule has 3 rings (SSSR count). The molecule has 0 aliphatic heterocycles. The van der Waals surface area contributed by atoms with Crippen molar-refractivity contribution in [2.75, 3.05) is 0 Å². The van der Waals surface area contributed by atoms with Crippen molar-refractivity contribution in [3.8, 4) is 5.69 Å². The standard InChI is InChI=1S/C14H14ClFN4/c1-3-10-13(8-19(2)18-10)20-12-6-9(16)4-5-11(12)17-14(20)7-15/h4-6,8H,3,7H2,1-2H3. The SMILES string of the molecule is CCc1nn(C)cc1-n1c(CCl)nc2ccc(F)cc21. The van der Waals surface area contributed by atoms with Gasteiger partial charge in [0.2, 0.25) is 0 Å². The molecule has 6 heteroatoms. The lowest BCUT2D eigenvalue weighted by Gasteiger charge is -2.06. The molecule has 0 atom stereocenters. The summed E-state index contributed by atoms with van der Waals surface area (Å²) >= 11 is 5.99. The number of hydrogen-bond donors (Lipinski definition) is 0. The molecule has 0 amide bonds. The van der Waals surface area contributed by atoms with Crippen LogP contribution in [0.3, 0.4) is 0 Å². The van der Waals surface area contributed by atoms with Gasteiger partial charge in [0.05, 0.1) is 28.3 Å². The first kappa shape index (κ1) is 13.1. The molecule has 2 heterocycles. The second-order valence-electron chi connectivity index (χ2n) is 4.62. The number of nitrogens with zero attached hydrogens (tertiary/aromatic N) is 4. The lowest BCUT2D eigenvalue weighted by atomic mass is 10.2. The van der Waals surface area contributed by atoms with Gasteiger partial charge in [-0.2, -0.15) is 5.10 Å². The molecule has 0 N–H and O–H groups in total. The van der Waals surface area contributed by atoms with Crippen LogP contribution in [0.4, 0.5) is 4.39 Å². The quantitative estimate of drug-likeness (QED) is 0.695. The van der Waals surface area contributed by atoms with E-state index < -0.39 is 0 Å². The maximum Gasteiger partial charge on any atom is 0.129 e. The second kappa shape index (κ2) is 4.90. The van der Waals surface area contributed by atoms with Crippen molar-refractivity contribution in [2.24, 2.45) is 7.05 Å². The Kier molecular flexibility index (Phi) is 3.22. The zero-order valence-corrected chi connectivity index (χ0v) is 12.0. The number of alkyl halides is 1. The van der Waals surface area contributed by atoms with Gasteiger partial charge in [-0.15, -0.1) is 11.6 Å². The highest BCUT2D eigenvalue weighted by atomic mass is 35.5. The van der Waals surface area contributed by atoms with Crippen LogP contribution in [0.15, 0.2) is 24.4 Å². The fourth-order valence-corrected chi connectivity index (χ4v) is 2.60. The minimum atomic E-state index is -0.290. The number of fused-ring (bicyclic) bond motifs is 1. The number of imidazole rings is 1. The molecular weight excluding hydrogens is 279 g/mol. The fraction of sp³-hybridized carbons (Fsp3) is 0.286. The Bertz CT molecular complexity index is 775. The van der Waals surface area contributed by atoms with Crippen LogP contribution < -0.4 is 0 Å². The number of halogens is 2. The first-order valence-electron chi connectivity index (χ1n) is 6.39. The van der Waals surface area contributed by atoms with Crippen LogP contribution in [-0.4, -0.2) is 19.3 Å². The predicted molar refractivity (Wildman–Crippen MR) is 76.7 cm³/mol. The van der Waals surface area contributed by atoms with Crippen molar-refractivity contribution in [1.82, 2.24) is 19.3 Å². The van der Waals surface area contributed by atoms with E-state index in [1.165, 1.54) is 12.1 Å². The molecule has 0 aliphatic carbocycles. The maximum atomic E-state index is 13.5. The number of aryl methyl sites for hydroxylation is 2. The van der Waals surface area contributed by atoms with Gasteiger partial charge in [-0.25, -0.2) is 9.37 Å². The summed E-state index contributed by atoms with van der Waals surface area (Å²) in [5, 5.41) is 4.42. The van der Waals surface area contributed by atoms with Gasteiger partial charge in [0, 0.05) is 19.3 Å². The van der Waals surface area contributed by atoms with Gasteiger partial charge in [0.25, 0.3) is 0 Å². The van der Waals surface area contributed by atoms with E-state index in [9.17, 15) is 4.39 Å². The van der Waals surface area contributed by atoms with E-state index in [1.54, 1.807) is 10.7 Å². The molecule has 0 aliphatic rings. The molecule has 0 radical (unpaired) electrons. The third-order valence-electron chi connectivity index (χ3n) is 3.26. The summed E-state index contributed by atoms with van der Waals surface area (Å²) < 4.78 is 17.2. The summed E-state index contributed by atoms with van der Waals surface area (Å²) in [7, 11) is 1.86. The molecule has 104 valence electrons. The van der Waals surface area contributed by atoms with E-state index in [4.69, 9.17) is 11.6 Å². The largest absolute Gasteiger partial charge is 0.292 e. The normalized spacial score (nSPS) is 11.4. The van der Waals surface area contributed by atoms with E-state index in [1.807, 2.05) is 24.7 Å². The maximum absolute atomic E-state index is 13.5. The van der Waals surface area contributed by atoms with Crippen molar-refractivity contribution in [2.45, 2.75) is 19.2 Å². The first-order chi connectivity index (χ1) is 9.63. The number of rotatable bonds is 3. The van der Waals surface area contributed by atoms with E-state index in [0.29, 0.717) is 11.3 Å². The van der Waals surface area contributed by atoms with E-state index >= 15 is 0 Å². The highest BCUT2D eigenvalue weighted by molar-refractivity contribution is 6.17. The minimum absolute atomic E-state index is 0.258. The Balaban J connectivity index is 2.35. The van der Waals surface area contributed by atoms with Crippen LogP contribution in [0.2, 0.25) is 0 Å². The summed E-state index contributed by atoms with van der Waals surface area (Å²) in [5.41, 5.74) is 3.28. The van der Waals surface area contributed by atoms with Crippen molar-refractivity contribution >= 4 is 22.6 Å². The van der Waals surface area contributed by atoms with Crippen LogP contribution >= 0.6 is 11.6 Å². The Morgan fingerprint density at radius 3 is 2.85 bits per heavy atom. The summed E-state index contributed by atoms with van der Waals surface area (Å²) in [4.78, 5) is 4.46. The molecule has 3 aromatic rings. The molecule has 0 bridgehead atoms. The predicted octanol–water partition coefficient (Wildman–Crippen LogP) is 3.20.